The molecule has 2 aromatic rings. The second-order valence-electron chi connectivity index (χ2n) is 7.65. The Bertz CT molecular complexity index is 703. The maximum atomic E-state index is 6.57. The number of hydrogen-bond acceptors (Lipinski definition) is 2. The molecule has 0 spiro atoms. The number of benzene rings is 2. The van der Waals surface area contributed by atoms with Crippen molar-refractivity contribution in [2.45, 2.75) is 77.6 Å². The third kappa shape index (κ3) is 8.64. The summed E-state index contributed by atoms with van der Waals surface area (Å²) in [6.45, 7) is 3.65. The molecule has 29 heavy (non-hydrogen) atoms. The number of hydrogen-bond donors (Lipinski definition) is 0. The van der Waals surface area contributed by atoms with E-state index in [1.165, 1.54) is 51.4 Å². The zero-order chi connectivity index (χ0) is 20.7. The van der Waals surface area contributed by atoms with E-state index in [4.69, 9.17) is 32.7 Å². The van der Waals surface area contributed by atoms with E-state index < -0.39 is 0 Å². The molecular formula is C25H36Cl2O2. The first-order valence-corrected chi connectivity index (χ1v) is 12.2. The Morgan fingerprint density at radius 2 is 1.31 bits per heavy atom. The number of halogens is 2. The van der Waals surface area contributed by atoms with Gasteiger partial charge in [-0.1, -0.05) is 94.2 Å². The Hall–Kier alpha value is -1.12. The molecule has 0 saturated carbocycles. The summed E-state index contributed by atoms with van der Waals surface area (Å²) in [4.78, 5) is 0. The van der Waals surface area contributed by atoms with Gasteiger partial charge >= 0.3 is 0 Å². The molecule has 0 bridgehead atoms. The Balaban J connectivity index is 1.88. The summed E-state index contributed by atoms with van der Waals surface area (Å²) >= 11 is 12.3. The number of ether oxygens (including phenoxy) is 2. The SMILES string of the molecule is CCCCCCCOc1c(Cl)cc(OCCCCCCCCCl)c2ccccc12. The van der Waals surface area contributed by atoms with E-state index >= 15 is 0 Å². The Kier molecular flexibility index (Phi) is 12.3. The van der Waals surface area contributed by atoms with E-state index in [0.29, 0.717) is 18.2 Å². The molecule has 0 unspecified atom stereocenters. The zero-order valence-corrected chi connectivity index (χ0v) is 19.4. The van der Waals surface area contributed by atoms with Gasteiger partial charge in [-0.05, 0) is 19.3 Å². The topological polar surface area (TPSA) is 18.5 Å². The molecule has 0 radical (unpaired) electrons. The average Bonchev–Trinajstić information content (AvgIpc) is 2.74. The Morgan fingerprint density at radius 3 is 2.00 bits per heavy atom. The van der Waals surface area contributed by atoms with Crippen LogP contribution in [0.2, 0.25) is 5.02 Å². The molecule has 4 heteroatoms. The van der Waals surface area contributed by atoms with Crippen molar-refractivity contribution in [3.63, 3.8) is 0 Å². The Labute approximate surface area is 186 Å². The van der Waals surface area contributed by atoms with Gasteiger partial charge in [0.1, 0.15) is 11.5 Å². The van der Waals surface area contributed by atoms with Gasteiger partial charge in [0, 0.05) is 22.7 Å². The molecule has 0 atom stereocenters. The monoisotopic (exact) mass is 438 g/mol. The lowest BCUT2D eigenvalue weighted by Crippen LogP contribution is -2.01. The average molecular weight is 439 g/mol. The van der Waals surface area contributed by atoms with Crippen LogP contribution in [0.5, 0.6) is 11.5 Å². The van der Waals surface area contributed by atoms with Crippen LogP contribution in [0.25, 0.3) is 10.8 Å². The highest BCUT2D eigenvalue weighted by molar-refractivity contribution is 6.33. The van der Waals surface area contributed by atoms with E-state index in [1.54, 1.807) is 0 Å². The van der Waals surface area contributed by atoms with Crippen LogP contribution in [0.4, 0.5) is 0 Å². The second kappa shape index (κ2) is 14.8. The molecule has 0 fully saturated rings. The molecule has 0 aliphatic carbocycles. The molecule has 0 saturated heterocycles. The lowest BCUT2D eigenvalue weighted by Gasteiger charge is -2.15. The van der Waals surface area contributed by atoms with Crippen LogP contribution in [0.3, 0.4) is 0 Å². The van der Waals surface area contributed by atoms with Gasteiger partial charge in [-0.25, -0.2) is 0 Å². The minimum Gasteiger partial charge on any atom is -0.493 e. The number of unbranched alkanes of at least 4 members (excludes halogenated alkanes) is 9. The zero-order valence-electron chi connectivity index (χ0n) is 17.9. The van der Waals surface area contributed by atoms with Crippen molar-refractivity contribution in [3.8, 4) is 11.5 Å². The molecule has 2 nitrogen and oxygen atoms in total. The number of fused-ring (bicyclic) bond motifs is 1. The van der Waals surface area contributed by atoms with Gasteiger partial charge in [0.15, 0.2) is 0 Å². The number of rotatable bonds is 16. The van der Waals surface area contributed by atoms with Crippen molar-refractivity contribution in [1.29, 1.82) is 0 Å². The van der Waals surface area contributed by atoms with Crippen LogP contribution >= 0.6 is 23.2 Å². The molecule has 162 valence electrons. The quantitative estimate of drug-likeness (QED) is 0.192. The van der Waals surface area contributed by atoms with Gasteiger partial charge in [-0.2, -0.15) is 0 Å². The lowest BCUT2D eigenvalue weighted by molar-refractivity contribution is 0.301. The molecule has 0 aromatic heterocycles. The molecule has 0 aliphatic heterocycles. The highest BCUT2D eigenvalue weighted by atomic mass is 35.5. The molecule has 0 amide bonds. The normalized spacial score (nSPS) is 11.1. The van der Waals surface area contributed by atoms with Crippen molar-refractivity contribution in [3.05, 3.63) is 35.4 Å². The maximum absolute atomic E-state index is 6.57. The Morgan fingerprint density at radius 1 is 0.724 bits per heavy atom. The van der Waals surface area contributed by atoms with Gasteiger partial charge in [-0.3, -0.25) is 0 Å². The minimum absolute atomic E-state index is 0.633. The van der Waals surface area contributed by atoms with E-state index in [-0.39, 0.29) is 0 Å². The van der Waals surface area contributed by atoms with Crippen LogP contribution in [-0.2, 0) is 0 Å². The molecule has 0 N–H and O–H groups in total. The minimum atomic E-state index is 0.633. The molecule has 0 heterocycles. The maximum Gasteiger partial charge on any atom is 0.145 e. The fraction of sp³-hybridized carbons (Fsp3) is 0.600. The van der Waals surface area contributed by atoms with E-state index in [2.05, 4.69) is 19.1 Å². The van der Waals surface area contributed by atoms with Crippen LogP contribution < -0.4 is 9.47 Å². The van der Waals surface area contributed by atoms with Crippen LogP contribution in [0, 0.1) is 0 Å². The largest absolute Gasteiger partial charge is 0.493 e. The number of alkyl halides is 1. The van der Waals surface area contributed by atoms with E-state index in [0.717, 1.165) is 47.4 Å². The first kappa shape index (κ1) is 24.2. The summed E-state index contributed by atoms with van der Waals surface area (Å²) in [5.41, 5.74) is 0. The van der Waals surface area contributed by atoms with Crippen molar-refractivity contribution in [2.24, 2.45) is 0 Å². The van der Waals surface area contributed by atoms with Crippen molar-refractivity contribution in [2.75, 3.05) is 19.1 Å². The van der Waals surface area contributed by atoms with Gasteiger partial charge in [0.2, 0.25) is 0 Å². The standard InChI is InChI=1S/C25H36Cl2O2/c1-2-3-4-8-14-19-29-25-22-16-11-10-15-21(22)24(20-23(25)27)28-18-13-9-6-5-7-12-17-26/h10-11,15-16,20H,2-9,12-14,17-19H2,1H3. The fourth-order valence-corrected chi connectivity index (χ4v) is 3.96. The van der Waals surface area contributed by atoms with Gasteiger partial charge < -0.3 is 9.47 Å². The molecule has 2 aromatic carbocycles. The van der Waals surface area contributed by atoms with Crippen LogP contribution in [-0.4, -0.2) is 19.1 Å². The summed E-state index contributed by atoms with van der Waals surface area (Å²) in [6.07, 6.45) is 13.2. The summed E-state index contributed by atoms with van der Waals surface area (Å²) in [5.74, 6) is 2.41. The van der Waals surface area contributed by atoms with E-state index in [9.17, 15) is 0 Å². The van der Waals surface area contributed by atoms with Crippen molar-refractivity contribution in [1.82, 2.24) is 0 Å². The molecular weight excluding hydrogens is 403 g/mol. The van der Waals surface area contributed by atoms with Gasteiger partial charge in [-0.15, -0.1) is 11.6 Å². The predicted octanol–water partition coefficient (Wildman–Crippen LogP) is 8.80. The summed E-state index contributed by atoms with van der Waals surface area (Å²) in [5, 5.41) is 2.73. The third-order valence-electron chi connectivity index (χ3n) is 5.19. The van der Waals surface area contributed by atoms with E-state index in [1.807, 2.05) is 18.2 Å². The summed E-state index contributed by atoms with van der Waals surface area (Å²) < 4.78 is 12.2. The van der Waals surface area contributed by atoms with Gasteiger partial charge in [0.05, 0.1) is 18.2 Å². The summed E-state index contributed by atoms with van der Waals surface area (Å²) in [7, 11) is 0. The smallest absolute Gasteiger partial charge is 0.145 e. The van der Waals surface area contributed by atoms with Crippen molar-refractivity contribution >= 4 is 34.0 Å². The fourth-order valence-electron chi connectivity index (χ4n) is 3.51. The highest BCUT2D eigenvalue weighted by Crippen LogP contribution is 2.39. The first-order chi connectivity index (χ1) is 14.3. The van der Waals surface area contributed by atoms with Gasteiger partial charge in [0.25, 0.3) is 0 Å². The second-order valence-corrected chi connectivity index (χ2v) is 8.44. The van der Waals surface area contributed by atoms with Crippen LogP contribution in [0.1, 0.15) is 77.6 Å². The molecule has 0 aliphatic rings. The summed E-state index contributed by atoms with van der Waals surface area (Å²) in [6, 6.07) is 10.1. The highest BCUT2D eigenvalue weighted by Gasteiger charge is 2.13. The van der Waals surface area contributed by atoms with Crippen LogP contribution in [0.15, 0.2) is 30.3 Å². The third-order valence-corrected chi connectivity index (χ3v) is 5.74. The van der Waals surface area contributed by atoms with Crippen molar-refractivity contribution < 1.29 is 9.47 Å². The predicted molar refractivity (Wildman–Crippen MR) is 127 cm³/mol. The first-order valence-electron chi connectivity index (χ1n) is 11.3. The molecule has 2 rings (SSSR count). The lowest BCUT2D eigenvalue weighted by atomic mass is 10.1.